The van der Waals surface area contributed by atoms with Crippen molar-refractivity contribution in [2.75, 3.05) is 19.8 Å². The lowest BCUT2D eigenvalue weighted by atomic mass is 9.64. The molecule has 3 heteroatoms. The minimum atomic E-state index is 0.278. The number of hydrogen-bond acceptors (Lipinski definition) is 3. The Morgan fingerprint density at radius 2 is 1.85 bits per heavy atom. The van der Waals surface area contributed by atoms with Crippen LogP contribution in [0.5, 0.6) is 0 Å². The predicted octanol–water partition coefficient (Wildman–Crippen LogP) is 3.52. The van der Waals surface area contributed by atoms with Crippen LogP contribution < -0.4 is 5.32 Å². The Balaban J connectivity index is 1.51. The minimum Gasteiger partial charge on any atom is -0.378 e. The van der Waals surface area contributed by atoms with E-state index in [0.29, 0.717) is 18.2 Å². The second-order valence-corrected chi connectivity index (χ2v) is 6.99. The van der Waals surface area contributed by atoms with Gasteiger partial charge in [-0.2, -0.15) is 0 Å². The molecule has 1 N–H and O–H groups in total. The summed E-state index contributed by atoms with van der Waals surface area (Å²) >= 11 is 0. The van der Waals surface area contributed by atoms with Crippen LogP contribution in [-0.2, 0) is 9.47 Å². The number of hydrogen-bond donors (Lipinski definition) is 1. The van der Waals surface area contributed by atoms with Gasteiger partial charge in [-0.05, 0) is 39.2 Å². The maximum Gasteiger partial charge on any atom is 0.0655 e. The normalized spacial score (nSPS) is 30.1. The van der Waals surface area contributed by atoms with Gasteiger partial charge in [0.15, 0.2) is 0 Å². The third-order valence-electron chi connectivity index (χ3n) is 5.16. The maximum atomic E-state index is 5.96. The molecule has 20 heavy (non-hydrogen) atoms. The molecule has 0 bridgehead atoms. The fourth-order valence-corrected chi connectivity index (χ4v) is 3.55. The Kier molecular flexibility index (Phi) is 6.31. The van der Waals surface area contributed by atoms with Crippen molar-refractivity contribution in [3.05, 3.63) is 0 Å². The molecule has 2 rings (SSSR count). The van der Waals surface area contributed by atoms with Gasteiger partial charge in [0, 0.05) is 24.7 Å². The van der Waals surface area contributed by atoms with Crippen LogP contribution in [-0.4, -0.2) is 38.0 Å². The minimum absolute atomic E-state index is 0.278. The predicted molar refractivity (Wildman–Crippen MR) is 83.0 cm³/mol. The van der Waals surface area contributed by atoms with Crippen LogP contribution in [0.4, 0.5) is 0 Å². The van der Waals surface area contributed by atoms with Gasteiger partial charge in [0.2, 0.25) is 0 Å². The highest BCUT2D eigenvalue weighted by molar-refractivity contribution is 5.02. The van der Waals surface area contributed by atoms with Gasteiger partial charge in [0.25, 0.3) is 0 Å². The lowest BCUT2D eigenvalue weighted by Gasteiger charge is -2.52. The van der Waals surface area contributed by atoms with Gasteiger partial charge in [-0.1, -0.05) is 33.1 Å². The summed E-state index contributed by atoms with van der Waals surface area (Å²) in [4.78, 5) is 0. The molecule has 2 atom stereocenters. The molecule has 0 amide bonds. The van der Waals surface area contributed by atoms with Crippen LogP contribution in [0.1, 0.15) is 65.7 Å². The largest absolute Gasteiger partial charge is 0.378 e. The van der Waals surface area contributed by atoms with Crippen molar-refractivity contribution in [2.45, 2.75) is 84.0 Å². The zero-order valence-electron chi connectivity index (χ0n) is 13.6. The van der Waals surface area contributed by atoms with E-state index in [-0.39, 0.29) is 5.41 Å². The van der Waals surface area contributed by atoms with Crippen molar-refractivity contribution < 1.29 is 9.47 Å². The molecule has 2 fully saturated rings. The van der Waals surface area contributed by atoms with Crippen molar-refractivity contribution in [3.8, 4) is 0 Å². The van der Waals surface area contributed by atoms with Gasteiger partial charge in [-0.15, -0.1) is 0 Å². The topological polar surface area (TPSA) is 30.5 Å². The molecule has 0 aromatic heterocycles. The van der Waals surface area contributed by atoms with Gasteiger partial charge in [0.05, 0.1) is 12.2 Å². The Bertz CT molecular complexity index is 274. The summed E-state index contributed by atoms with van der Waals surface area (Å²) < 4.78 is 11.7. The Labute approximate surface area is 124 Å². The van der Waals surface area contributed by atoms with Crippen molar-refractivity contribution in [1.29, 1.82) is 0 Å². The third-order valence-corrected chi connectivity index (χ3v) is 5.16. The van der Waals surface area contributed by atoms with Crippen molar-refractivity contribution in [3.63, 3.8) is 0 Å². The highest BCUT2D eigenvalue weighted by atomic mass is 16.5. The summed E-state index contributed by atoms with van der Waals surface area (Å²) in [6.45, 7) is 9.52. The number of rotatable bonds is 8. The molecule has 2 saturated carbocycles. The zero-order valence-corrected chi connectivity index (χ0v) is 13.6. The Morgan fingerprint density at radius 3 is 2.50 bits per heavy atom. The highest BCUT2D eigenvalue weighted by Gasteiger charge is 2.48. The monoisotopic (exact) mass is 283 g/mol. The molecule has 118 valence electrons. The van der Waals surface area contributed by atoms with Crippen molar-refractivity contribution in [2.24, 2.45) is 5.41 Å². The van der Waals surface area contributed by atoms with Gasteiger partial charge < -0.3 is 14.8 Å². The van der Waals surface area contributed by atoms with Crippen LogP contribution in [0.2, 0.25) is 0 Å². The second-order valence-electron chi connectivity index (χ2n) is 6.99. The Hall–Kier alpha value is -0.120. The zero-order chi connectivity index (χ0) is 14.4. The number of nitrogens with one attached hydrogen (secondary N) is 1. The van der Waals surface area contributed by atoms with Gasteiger partial charge in [-0.3, -0.25) is 0 Å². The van der Waals surface area contributed by atoms with Crippen molar-refractivity contribution in [1.82, 2.24) is 5.32 Å². The summed E-state index contributed by atoms with van der Waals surface area (Å²) in [5.74, 6) is 0. The lowest BCUT2D eigenvalue weighted by molar-refractivity contribution is -0.114. The van der Waals surface area contributed by atoms with E-state index in [2.05, 4.69) is 26.1 Å². The molecule has 0 saturated heterocycles. The molecule has 3 nitrogen and oxygen atoms in total. The first-order valence-corrected chi connectivity index (χ1v) is 8.61. The SMILES string of the molecule is CCOC1CC(NCCCOC2CCCCC2)C1(C)C. The summed E-state index contributed by atoms with van der Waals surface area (Å²) in [7, 11) is 0. The summed E-state index contributed by atoms with van der Waals surface area (Å²) in [5, 5.41) is 3.68. The van der Waals surface area contributed by atoms with Crippen LogP contribution >= 0.6 is 0 Å². The highest BCUT2D eigenvalue weighted by Crippen LogP contribution is 2.42. The maximum absolute atomic E-state index is 5.96. The molecular formula is C17H33NO2. The molecule has 0 radical (unpaired) electrons. The lowest BCUT2D eigenvalue weighted by Crippen LogP contribution is -2.61. The van der Waals surface area contributed by atoms with Gasteiger partial charge in [-0.25, -0.2) is 0 Å². The van der Waals surface area contributed by atoms with E-state index in [1.54, 1.807) is 0 Å². The molecular weight excluding hydrogens is 250 g/mol. The van der Waals surface area contributed by atoms with E-state index in [9.17, 15) is 0 Å². The molecule has 0 aromatic rings. The first-order valence-electron chi connectivity index (χ1n) is 8.61. The average molecular weight is 283 g/mol. The van der Waals surface area contributed by atoms with Crippen LogP contribution in [0.15, 0.2) is 0 Å². The van der Waals surface area contributed by atoms with Gasteiger partial charge >= 0.3 is 0 Å². The molecule has 0 aromatic carbocycles. The summed E-state index contributed by atoms with van der Waals surface area (Å²) in [5.41, 5.74) is 0.278. The molecule has 0 spiro atoms. The van der Waals surface area contributed by atoms with E-state index in [4.69, 9.17) is 9.47 Å². The van der Waals surface area contributed by atoms with Crippen LogP contribution in [0.25, 0.3) is 0 Å². The van der Waals surface area contributed by atoms with Crippen molar-refractivity contribution >= 4 is 0 Å². The average Bonchev–Trinajstić information content (AvgIpc) is 2.46. The first kappa shape index (κ1) is 16.3. The summed E-state index contributed by atoms with van der Waals surface area (Å²) in [6.07, 6.45) is 9.94. The smallest absolute Gasteiger partial charge is 0.0655 e. The van der Waals surface area contributed by atoms with E-state index >= 15 is 0 Å². The third kappa shape index (κ3) is 4.19. The van der Waals surface area contributed by atoms with E-state index < -0.39 is 0 Å². The summed E-state index contributed by atoms with van der Waals surface area (Å²) in [6, 6.07) is 0.605. The van der Waals surface area contributed by atoms with Gasteiger partial charge in [0.1, 0.15) is 0 Å². The molecule has 0 aliphatic heterocycles. The molecule has 2 aliphatic rings. The van der Waals surface area contributed by atoms with E-state index in [0.717, 1.165) is 32.6 Å². The standard InChI is InChI=1S/C17H33NO2/c1-4-19-16-13-15(17(16,2)3)18-11-8-12-20-14-9-6-5-7-10-14/h14-16,18H,4-13H2,1-3H3. The second kappa shape index (κ2) is 7.77. The van der Waals surface area contributed by atoms with Crippen LogP contribution in [0.3, 0.4) is 0 Å². The van der Waals surface area contributed by atoms with E-state index in [1.807, 2.05) is 0 Å². The molecule has 2 unspecified atom stereocenters. The van der Waals surface area contributed by atoms with Crippen LogP contribution in [0, 0.1) is 5.41 Å². The molecule has 0 heterocycles. The first-order chi connectivity index (χ1) is 9.64. The fourth-order valence-electron chi connectivity index (χ4n) is 3.55. The van der Waals surface area contributed by atoms with E-state index in [1.165, 1.54) is 32.1 Å². The molecule has 2 aliphatic carbocycles. The fraction of sp³-hybridized carbons (Fsp3) is 1.00. The Morgan fingerprint density at radius 1 is 1.10 bits per heavy atom. The number of ether oxygens (including phenoxy) is 2. The quantitative estimate of drug-likeness (QED) is 0.691.